The van der Waals surface area contributed by atoms with Crippen LogP contribution in [0.5, 0.6) is 5.75 Å². The standard InChI is InChI=1S/C51H62FN7O7S2/c1-33-26-42(46(61)54-29-35-12-14-36(15-13-35)44-34(2)55-32-68-44)57(30-33)47(62)45(50(3,4)5)56-43(60)31-65-24-11-23-64-22-9-8-10-25-66-40-20-18-38(19-21-40)59-49(67)58(48(63)51(59,6)7)39-17-16-37(28-53)41(52)27-39/h12-21,27,32-33,42,45H,8-11,22-26,29-31H2,1-7H3,(H,54,61)(H,56,60)/t33-,42+,45-/m1/s1. The summed E-state index contributed by atoms with van der Waals surface area (Å²) in [5, 5.41) is 15.2. The van der Waals surface area contributed by atoms with Gasteiger partial charge < -0.3 is 34.6 Å². The van der Waals surface area contributed by atoms with Crippen LogP contribution in [0.3, 0.4) is 0 Å². The molecule has 3 atom stereocenters. The van der Waals surface area contributed by atoms with Gasteiger partial charge in [0, 0.05) is 38.6 Å². The third-order valence-electron chi connectivity index (χ3n) is 12.0. The van der Waals surface area contributed by atoms with Crippen molar-refractivity contribution in [3.8, 4) is 22.3 Å². The van der Waals surface area contributed by atoms with E-state index >= 15 is 0 Å². The second-order valence-corrected chi connectivity index (χ2v) is 20.1. The lowest BCUT2D eigenvalue weighted by molar-refractivity contribution is -0.144. The number of unbranched alkanes of at least 4 members (excludes halogenated alkanes) is 2. The van der Waals surface area contributed by atoms with Gasteiger partial charge in [0.15, 0.2) is 5.11 Å². The van der Waals surface area contributed by atoms with Crippen LogP contribution in [0.1, 0.15) is 90.5 Å². The second kappa shape index (κ2) is 23.0. The van der Waals surface area contributed by atoms with Crippen LogP contribution in [0.25, 0.3) is 10.4 Å². The highest BCUT2D eigenvalue weighted by atomic mass is 32.1. The van der Waals surface area contributed by atoms with E-state index in [4.69, 9.17) is 31.7 Å². The molecule has 362 valence electrons. The fraction of sp³-hybridized carbons (Fsp3) is 0.471. The van der Waals surface area contributed by atoms with E-state index in [-0.39, 0.29) is 46.6 Å². The number of aryl methyl sites for hydroxylation is 1. The number of carbonyl (C=O) groups excluding carboxylic acids is 4. The number of nitrogens with zero attached hydrogens (tertiary/aromatic N) is 5. The molecule has 1 aromatic heterocycles. The number of anilines is 2. The fourth-order valence-corrected chi connectivity index (χ4v) is 9.63. The Kier molecular flexibility index (Phi) is 17.4. The molecule has 2 saturated heterocycles. The van der Waals surface area contributed by atoms with Crippen molar-refractivity contribution in [3.05, 3.63) is 94.9 Å². The van der Waals surface area contributed by atoms with Crippen LogP contribution < -0.4 is 25.2 Å². The number of benzene rings is 3. The van der Waals surface area contributed by atoms with E-state index in [1.54, 1.807) is 41.1 Å². The zero-order valence-electron chi connectivity index (χ0n) is 39.9. The first kappa shape index (κ1) is 51.6. The maximum Gasteiger partial charge on any atom is 0.259 e. The Hall–Kier alpha value is -5.80. The van der Waals surface area contributed by atoms with Gasteiger partial charge in [0.05, 0.1) is 33.9 Å². The Morgan fingerprint density at radius 1 is 0.971 bits per heavy atom. The van der Waals surface area contributed by atoms with Crippen LogP contribution in [-0.2, 0) is 35.2 Å². The summed E-state index contributed by atoms with van der Waals surface area (Å²) >= 11 is 7.29. The van der Waals surface area contributed by atoms with E-state index in [1.165, 1.54) is 17.0 Å². The van der Waals surface area contributed by atoms with Gasteiger partial charge in [-0.25, -0.2) is 9.37 Å². The Morgan fingerprint density at radius 2 is 1.65 bits per heavy atom. The number of nitrogens with one attached hydrogen (secondary N) is 2. The third kappa shape index (κ3) is 12.6. The number of amides is 4. The molecular formula is C51H62FN7O7S2. The SMILES string of the molecule is Cc1ncsc1-c1ccc(CNC(=O)[C@@H]2C[C@@H](C)CN2C(=O)[C@@H](NC(=O)COCCCOCCCCCOc2ccc(N3C(=S)N(c4ccc(C#N)c(F)c4)C(=O)C3(C)C)cc2)C(C)(C)C)cc1. The van der Waals surface area contributed by atoms with E-state index in [9.17, 15) is 23.6 Å². The first-order valence-electron chi connectivity index (χ1n) is 23.0. The number of likely N-dealkylation sites (tertiary alicyclic amines) is 1. The largest absolute Gasteiger partial charge is 0.494 e. The van der Waals surface area contributed by atoms with Gasteiger partial charge in [0.25, 0.3) is 5.91 Å². The molecule has 4 amide bonds. The Labute approximate surface area is 408 Å². The molecule has 2 aliphatic rings. The first-order chi connectivity index (χ1) is 32.4. The summed E-state index contributed by atoms with van der Waals surface area (Å²) < 4.78 is 31.8. The van der Waals surface area contributed by atoms with Crippen molar-refractivity contribution >= 4 is 63.7 Å². The number of hydrogen-bond donors (Lipinski definition) is 2. The zero-order chi connectivity index (χ0) is 49.2. The van der Waals surface area contributed by atoms with Crippen LogP contribution in [0.4, 0.5) is 15.8 Å². The number of hydrogen-bond acceptors (Lipinski definition) is 11. The molecular weight excluding hydrogens is 906 g/mol. The molecule has 6 rings (SSSR count). The maximum atomic E-state index is 14.4. The zero-order valence-corrected chi connectivity index (χ0v) is 41.6. The molecule has 0 saturated carbocycles. The van der Waals surface area contributed by atoms with Crippen LogP contribution in [0.15, 0.2) is 72.2 Å². The summed E-state index contributed by atoms with van der Waals surface area (Å²) in [4.78, 5) is 64.1. The van der Waals surface area contributed by atoms with Crippen LogP contribution >= 0.6 is 23.6 Å². The minimum Gasteiger partial charge on any atom is -0.494 e. The maximum absolute atomic E-state index is 14.4. The van der Waals surface area contributed by atoms with E-state index in [1.807, 2.05) is 88.7 Å². The molecule has 2 aliphatic heterocycles. The van der Waals surface area contributed by atoms with Gasteiger partial charge >= 0.3 is 0 Å². The van der Waals surface area contributed by atoms with Crippen molar-refractivity contribution in [1.29, 1.82) is 5.26 Å². The van der Waals surface area contributed by atoms with Gasteiger partial charge in [-0.15, -0.1) is 11.3 Å². The highest BCUT2D eigenvalue weighted by Gasteiger charge is 2.50. The average molecular weight is 968 g/mol. The number of aromatic nitrogens is 1. The summed E-state index contributed by atoms with van der Waals surface area (Å²) in [5.74, 6) is -1.13. The molecule has 0 aliphatic carbocycles. The topological polar surface area (TPSA) is 166 Å². The number of ether oxygens (including phenoxy) is 3. The van der Waals surface area contributed by atoms with E-state index < -0.39 is 34.8 Å². The molecule has 68 heavy (non-hydrogen) atoms. The van der Waals surface area contributed by atoms with Crippen LogP contribution in [-0.4, -0.2) is 95.8 Å². The summed E-state index contributed by atoms with van der Waals surface area (Å²) in [7, 11) is 0. The molecule has 4 aromatic rings. The van der Waals surface area contributed by atoms with E-state index in [2.05, 4.69) is 15.6 Å². The van der Waals surface area contributed by atoms with Gasteiger partial charge in [-0.05, 0) is 130 Å². The number of halogens is 1. The molecule has 0 unspecified atom stereocenters. The molecule has 0 spiro atoms. The Balaban J connectivity index is 0.841. The predicted molar refractivity (Wildman–Crippen MR) is 265 cm³/mol. The fourth-order valence-electron chi connectivity index (χ4n) is 8.30. The lowest BCUT2D eigenvalue weighted by Gasteiger charge is -2.35. The first-order valence-corrected chi connectivity index (χ1v) is 24.3. The minimum atomic E-state index is -1.03. The number of thiazole rings is 1. The molecule has 17 heteroatoms. The normalized spacial score (nSPS) is 17.3. The van der Waals surface area contributed by atoms with Crippen LogP contribution in [0, 0.1) is 35.4 Å². The van der Waals surface area contributed by atoms with Crippen molar-refractivity contribution < 1.29 is 37.8 Å². The van der Waals surface area contributed by atoms with Crippen molar-refractivity contribution in [1.82, 2.24) is 20.5 Å². The molecule has 0 bridgehead atoms. The van der Waals surface area contributed by atoms with Gasteiger partial charge in [-0.1, -0.05) is 52.0 Å². The lowest BCUT2D eigenvalue weighted by Crippen LogP contribution is -2.58. The highest BCUT2D eigenvalue weighted by Crippen LogP contribution is 2.37. The summed E-state index contributed by atoms with van der Waals surface area (Å²) in [6, 6.07) is 19.6. The van der Waals surface area contributed by atoms with Gasteiger partial charge in [-0.3, -0.25) is 24.1 Å². The summed E-state index contributed by atoms with van der Waals surface area (Å²) in [6.45, 7) is 15.7. The van der Waals surface area contributed by atoms with Gasteiger partial charge in [0.1, 0.15) is 41.9 Å². The number of rotatable bonds is 21. The number of carbonyl (C=O) groups is 4. The van der Waals surface area contributed by atoms with Gasteiger partial charge in [0.2, 0.25) is 17.7 Å². The lowest BCUT2D eigenvalue weighted by atomic mass is 9.85. The molecule has 14 nitrogen and oxygen atoms in total. The minimum absolute atomic E-state index is 0.113. The molecule has 3 aromatic carbocycles. The number of nitriles is 1. The molecule has 3 heterocycles. The Bertz CT molecular complexity index is 2470. The smallest absolute Gasteiger partial charge is 0.259 e. The molecule has 0 radical (unpaired) electrons. The van der Waals surface area contributed by atoms with Crippen molar-refractivity contribution in [2.45, 2.75) is 105 Å². The van der Waals surface area contributed by atoms with E-state index in [0.29, 0.717) is 63.8 Å². The second-order valence-electron chi connectivity index (χ2n) is 18.9. The number of thiocarbonyl (C=S) groups is 1. The summed E-state index contributed by atoms with van der Waals surface area (Å²) in [6.07, 6.45) is 3.72. The third-order valence-corrected chi connectivity index (χ3v) is 13.4. The molecule has 2 N–H and O–H groups in total. The summed E-state index contributed by atoms with van der Waals surface area (Å²) in [5.41, 5.74) is 4.03. The predicted octanol–water partition coefficient (Wildman–Crippen LogP) is 8.10. The van der Waals surface area contributed by atoms with E-state index in [0.717, 1.165) is 47.0 Å². The molecule has 2 fully saturated rings. The highest BCUT2D eigenvalue weighted by molar-refractivity contribution is 7.81. The van der Waals surface area contributed by atoms with Crippen LogP contribution in [0.2, 0.25) is 0 Å². The Morgan fingerprint density at radius 3 is 2.31 bits per heavy atom. The van der Waals surface area contributed by atoms with Crippen molar-refractivity contribution in [3.63, 3.8) is 0 Å². The average Bonchev–Trinajstić information content (AvgIpc) is 3.97. The quantitative estimate of drug-likeness (QED) is 0.0612. The van der Waals surface area contributed by atoms with Crippen molar-refractivity contribution in [2.24, 2.45) is 11.3 Å². The monoisotopic (exact) mass is 967 g/mol. The van der Waals surface area contributed by atoms with Gasteiger partial charge in [-0.2, -0.15) is 5.26 Å². The van der Waals surface area contributed by atoms with Crippen molar-refractivity contribution in [2.75, 3.05) is 49.4 Å².